The molecule has 160 valence electrons. The van der Waals surface area contributed by atoms with E-state index >= 15 is 0 Å². The van der Waals surface area contributed by atoms with Crippen LogP contribution in [0.25, 0.3) is 22.2 Å². The van der Waals surface area contributed by atoms with Crippen molar-refractivity contribution in [3.05, 3.63) is 34.2 Å². The zero-order valence-electron chi connectivity index (χ0n) is 17.3. The molecule has 0 atom stereocenters. The van der Waals surface area contributed by atoms with Crippen molar-refractivity contribution in [1.29, 1.82) is 0 Å². The van der Waals surface area contributed by atoms with E-state index in [1.165, 1.54) is 0 Å². The second-order valence-corrected chi connectivity index (χ2v) is 7.44. The van der Waals surface area contributed by atoms with E-state index in [1.54, 1.807) is 22.8 Å². The van der Waals surface area contributed by atoms with Crippen LogP contribution in [0.3, 0.4) is 0 Å². The van der Waals surface area contributed by atoms with Crippen molar-refractivity contribution in [3.63, 3.8) is 0 Å². The Hall–Kier alpha value is -3.43. The zero-order valence-corrected chi connectivity index (χ0v) is 17.3. The van der Waals surface area contributed by atoms with Gasteiger partial charge in [-0.1, -0.05) is 33.3 Å². The summed E-state index contributed by atoms with van der Waals surface area (Å²) in [6.07, 6.45) is 0.611. The number of pyridine rings is 1. The van der Waals surface area contributed by atoms with Gasteiger partial charge in [-0.2, -0.15) is 5.21 Å². The number of carbonyl (C=O) groups is 1. The summed E-state index contributed by atoms with van der Waals surface area (Å²) < 4.78 is 7.73. The van der Waals surface area contributed by atoms with Crippen molar-refractivity contribution in [1.82, 2.24) is 30.5 Å². The van der Waals surface area contributed by atoms with Gasteiger partial charge in [-0.15, -0.1) is 10.2 Å². The van der Waals surface area contributed by atoms with E-state index in [1.807, 2.05) is 13.8 Å². The van der Waals surface area contributed by atoms with E-state index in [4.69, 9.17) is 9.84 Å². The van der Waals surface area contributed by atoms with Crippen molar-refractivity contribution in [2.75, 3.05) is 6.61 Å². The Labute approximate surface area is 173 Å². The van der Waals surface area contributed by atoms with Gasteiger partial charge < -0.3 is 19.7 Å². The number of nitrogens with zero attached hydrogens (tertiary/aromatic N) is 4. The normalized spacial score (nSPS) is 11.2. The van der Waals surface area contributed by atoms with Crippen LogP contribution in [0, 0.1) is 5.92 Å². The number of carboxylic acid groups (broad SMARTS) is 1. The number of unbranched alkanes of at least 4 members (excludes halogenated alkanes) is 1. The van der Waals surface area contributed by atoms with Gasteiger partial charge in [-0.3, -0.25) is 4.79 Å². The summed E-state index contributed by atoms with van der Waals surface area (Å²) in [6, 6.07) is 5.27. The fraction of sp³-hybridized carbons (Fsp3) is 0.450. The average Bonchev–Trinajstić information content (AvgIpc) is 3.24. The topological polar surface area (TPSA) is 135 Å². The van der Waals surface area contributed by atoms with Crippen LogP contribution in [0.1, 0.15) is 39.3 Å². The molecule has 2 heterocycles. The van der Waals surface area contributed by atoms with Crippen molar-refractivity contribution in [3.8, 4) is 17.1 Å². The molecule has 0 unspecified atom stereocenters. The van der Waals surface area contributed by atoms with Crippen LogP contribution in [-0.4, -0.2) is 43.0 Å². The molecule has 3 rings (SSSR count). The van der Waals surface area contributed by atoms with Crippen LogP contribution in [0.2, 0.25) is 0 Å². The molecule has 1 amide bonds. The number of amides is 1. The highest BCUT2D eigenvalue weighted by molar-refractivity contribution is 5.91. The van der Waals surface area contributed by atoms with Gasteiger partial charge in [-0.05, 0) is 29.7 Å². The molecule has 30 heavy (non-hydrogen) atoms. The molecule has 0 radical (unpaired) electrons. The Morgan fingerprint density at radius 2 is 2.13 bits per heavy atom. The SMILES string of the molecule is CCCCOc1c(CNC(=O)O)n(CC(C)C)c(=O)c2ccc(-c3nn[nH]n3)cc12. The van der Waals surface area contributed by atoms with Crippen molar-refractivity contribution >= 4 is 16.9 Å². The number of hydrogen-bond donors (Lipinski definition) is 3. The second kappa shape index (κ2) is 9.38. The highest BCUT2D eigenvalue weighted by Crippen LogP contribution is 2.31. The maximum atomic E-state index is 13.3. The maximum absolute atomic E-state index is 13.3. The van der Waals surface area contributed by atoms with E-state index in [0.717, 1.165) is 12.8 Å². The lowest BCUT2D eigenvalue weighted by Crippen LogP contribution is -2.31. The number of tetrazole rings is 1. The molecule has 0 saturated carbocycles. The van der Waals surface area contributed by atoms with Crippen molar-refractivity contribution in [2.24, 2.45) is 5.92 Å². The number of nitrogens with one attached hydrogen (secondary N) is 2. The van der Waals surface area contributed by atoms with Gasteiger partial charge in [0.1, 0.15) is 5.75 Å². The highest BCUT2D eigenvalue weighted by atomic mass is 16.5. The van der Waals surface area contributed by atoms with E-state index in [-0.39, 0.29) is 18.0 Å². The third-order valence-corrected chi connectivity index (χ3v) is 4.63. The smallest absolute Gasteiger partial charge is 0.404 e. The van der Waals surface area contributed by atoms with Gasteiger partial charge in [0.05, 0.1) is 24.2 Å². The quantitative estimate of drug-likeness (QED) is 0.458. The largest absolute Gasteiger partial charge is 0.491 e. The molecular weight excluding hydrogens is 388 g/mol. The predicted octanol–water partition coefficient (Wildman–Crippen LogP) is 2.78. The number of aromatic amines is 1. The molecule has 0 saturated heterocycles. The zero-order chi connectivity index (χ0) is 21.7. The fourth-order valence-corrected chi connectivity index (χ4v) is 3.26. The van der Waals surface area contributed by atoms with E-state index in [0.29, 0.717) is 46.8 Å². The molecule has 3 N–H and O–H groups in total. The number of H-pyrrole nitrogens is 1. The van der Waals surface area contributed by atoms with E-state index in [9.17, 15) is 9.59 Å². The van der Waals surface area contributed by atoms with Crippen LogP contribution in [0.15, 0.2) is 23.0 Å². The van der Waals surface area contributed by atoms with Crippen LogP contribution >= 0.6 is 0 Å². The summed E-state index contributed by atoms with van der Waals surface area (Å²) in [4.78, 5) is 24.5. The monoisotopic (exact) mass is 414 g/mol. The molecule has 0 aliphatic rings. The van der Waals surface area contributed by atoms with Gasteiger partial charge in [0, 0.05) is 17.5 Å². The average molecular weight is 414 g/mol. The van der Waals surface area contributed by atoms with Crippen LogP contribution in [-0.2, 0) is 13.1 Å². The standard InChI is InChI=1S/C20H26N6O4/c1-4-5-8-30-17-15-9-13(18-22-24-25-23-18)6-7-14(15)19(27)26(11-12(2)3)16(17)10-21-20(28)29/h6-7,9,12,21H,4-5,8,10-11H2,1-3H3,(H,28,29)(H,22,23,24,25). The maximum Gasteiger partial charge on any atom is 0.404 e. The van der Waals surface area contributed by atoms with Crippen molar-refractivity contribution < 1.29 is 14.6 Å². The van der Waals surface area contributed by atoms with Gasteiger partial charge in [0.2, 0.25) is 5.82 Å². The number of hydrogen-bond acceptors (Lipinski definition) is 6. The summed E-state index contributed by atoms with van der Waals surface area (Å²) in [6.45, 7) is 6.92. The predicted molar refractivity (Wildman–Crippen MR) is 111 cm³/mol. The summed E-state index contributed by atoms with van der Waals surface area (Å²) in [5.74, 6) is 1.08. The minimum Gasteiger partial charge on any atom is -0.491 e. The molecule has 0 spiro atoms. The summed E-state index contributed by atoms with van der Waals surface area (Å²) in [7, 11) is 0. The number of aromatic nitrogens is 5. The minimum absolute atomic E-state index is 0.0405. The molecule has 0 aliphatic heterocycles. The molecule has 0 fully saturated rings. The van der Waals surface area contributed by atoms with Crippen LogP contribution in [0.4, 0.5) is 4.79 Å². The van der Waals surface area contributed by atoms with Crippen LogP contribution < -0.4 is 15.6 Å². The van der Waals surface area contributed by atoms with Gasteiger partial charge in [-0.25, -0.2) is 4.79 Å². The lowest BCUT2D eigenvalue weighted by atomic mass is 10.0. The van der Waals surface area contributed by atoms with Crippen molar-refractivity contribution in [2.45, 2.75) is 46.7 Å². The lowest BCUT2D eigenvalue weighted by molar-refractivity contribution is 0.193. The second-order valence-electron chi connectivity index (χ2n) is 7.44. The first-order valence-corrected chi connectivity index (χ1v) is 9.95. The summed E-state index contributed by atoms with van der Waals surface area (Å²) in [5, 5.41) is 26.6. The van der Waals surface area contributed by atoms with Gasteiger partial charge >= 0.3 is 6.09 Å². The molecule has 2 aromatic heterocycles. The molecule has 1 aromatic carbocycles. The van der Waals surface area contributed by atoms with Gasteiger partial charge in [0.25, 0.3) is 5.56 Å². The first-order chi connectivity index (χ1) is 14.4. The molecule has 10 heteroatoms. The third kappa shape index (κ3) is 4.58. The first kappa shape index (κ1) is 21.3. The highest BCUT2D eigenvalue weighted by Gasteiger charge is 2.20. The number of benzene rings is 1. The molecule has 0 aliphatic carbocycles. The minimum atomic E-state index is -1.17. The Kier molecular flexibility index (Phi) is 6.65. The van der Waals surface area contributed by atoms with E-state index in [2.05, 4.69) is 32.9 Å². The van der Waals surface area contributed by atoms with E-state index < -0.39 is 6.09 Å². The Bertz CT molecular complexity index is 1080. The Morgan fingerprint density at radius 3 is 2.77 bits per heavy atom. The van der Waals surface area contributed by atoms with Crippen LogP contribution in [0.5, 0.6) is 5.75 Å². The fourth-order valence-electron chi connectivity index (χ4n) is 3.26. The molecular formula is C20H26N6O4. The summed E-state index contributed by atoms with van der Waals surface area (Å²) in [5.41, 5.74) is 0.989. The third-order valence-electron chi connectivity index (χ3n) is 4.63. The Balaban J connectivity index is 2.26. The Morgan fingerprint density at radius 1 is 1.33 bits per heavy atom. The number of ether oxygens (including phenoxy) is 1. The molecule has 3 aromatic rings. The number of fused-ring (bicyclic) bond motifs is 1. The van der Waals surface area contributed by atoms with Gasteiger partial charge in [0.15, 0.2) is 0 Å². The summed E-state index contributed by atoms with van der Waals surface area (Å²) >= 11 is 0. The molecule has 0 bridgehead atoms. The first-order valence-electron chi connectivity index (χ1n) is 9.95. The molecule has 10 nitrogen and oxygen atoms in total. The number of rotatable bonds is 9. The lowest BCUT2D eigenvalue weighted by Gasteiger charge is -2.21.